The molecule has 0 saturated carbocycles. The van der Waals surface area contributed by atoms with Crippen molar-refractivity contribution in [3.8, 4) is 0 Å². The lowest BCUT2D eigenvalue weighted by atomic mass is 10.00. The fourth-order valence-corrected chi connectivity index (χ4v) is 2.94. The van der Waals surface area contributed by atoms with Gasteiger partial charge in [0.05, 0.1) is 12.0 Å². The number of carbonyl (C=O) groups excluding carboxylic acids is 1. The SMILES string of the molecule is Cc1c(C(=O)O)cc2cccn2c1CC(=O)c1ccc(Br)cc1. The fourth-order valence-electron chi connectivity index (χ4n) is 2.68. The molecule has 0 unspecified atom stereocenters. The Bertz CT molecular complexity index is 910. The number of aromatic nitrogens is 1. The largest absolute Gasteiger partial charge is 0.478 e. The van der Waals surface area contributed by atoms with Crippen LogP contribution in [0.2, 0.25) is 0 Å². The number of nitrogens with zero attached hydrogens (tertiary/aromatic N) is 1. The van der Waals surface area contributed by atoms with Crippen LogP contribution in [0, 0.1) is 6.92 Å². The number of hydrogen-bond acceptors (Lipinski definition) is 2. The molecule has 1 aromatic carbocycles. The molecule has 0 bridgehead atoms. The van der Waals surface area contributed by atoms with Gasteiger partial charge in [-0.05, 0) is 42.8 Å². The number of ketones is 1. The molecule has 3 rings (SSSR count). The maximum atomic E-state index is 12.5. The van der Waals surface area contributed by atoms with Crippen LogP contribution in [0.3, 0.4) is 0 Å². The number of carboxylic acid groups (broad SMARTS) is 1. The summed E-state index contributed by atoms with van der Waals surface area (Å²) in [6, 6.07) is 12.5. The first-order valence-corrected chi connectivity index (χ1v) is 7.88. The van der Waals surface area contributed by atoms with E-state index in [1.165, 1.54) is 0 Å². The van der Waals surface area contributed by atoms with Gasteiger partial charge in [0.2, 0.25) is 0 Å². The highest BCUT2D eigenvalue weighted by atomic mass is 79.9. The van der Waals surface area contributed by atoms with E-state index in [1.807, 2.05) is 34.9 Å². The van der Waals surface area contributed by atoms with Crippen LogP contribution in [-0.2, 0) is 6.42 Å². The summed E-state index contributed by atoms with van der Waals surface area (Å²) in [5.41, 5.74) is 2.93. The van der Waals surface area contributed by atoms with E-state index in [0.717, 1.165) is 9.99 Å². The minimum Gasteiger partial charge on any atom is -0.478 e. The highest BCUT2D eigenvalue weighted by molar-refractivity contribution is 9.10. The van der Waals surface area contributed by atoms with Crippen molar-refractivity contribution in [2.75, 3.05) is 0 Å². The third-order valence-corrected chi connectivity index (χ3v) is 4.45. The molecule has 0 amide bonds. The van der Waals surface area contributed by atoms with Crippen LogP contribution in [0.15, 0.2) is 53.1 Å². The van der Waals surface area contributed by atoms with Crippen molar-refractivity contribution in [2.45, 2.75) is 13.3 Å². The highest BCUT2D eigenvalue weighted by Crippen LogP contribution is 2.21. The van der Waals surface area contributed by atoms with E-state index in [9.17, 15) is 14.7 Å². The Morgan fingerprint density at radius 3 is 2.52 bits per heavy atom. The minimum atomic E-state index is -0.983. The molecule has 23 heavy (non-hydrogen) atoms. The van der Waals surface area contributed by atoms with Gasteiger partial charge in [-0.2, -0.15) is 0 Å². The molecule has 0 aliphatic rings. The molecule has 0 aliphatic heterocycles. The van der Waals surface area contributed by atoms with Gasteiger partial charge in [0, 0.05) is 27.4 Å². The van der Waals surface area contributed by atoms with E-state index in [2.05, 4.69) is 15.9 Å². The van der Waals surface area contributed by atoms with Crippen molar-refractivity contribution in [2.24, 2.45) is 0 Å². The van der Waals surface area contributed by atoms with Crippen LogP contribution in [0.4, 0.5) is 0 Å². The number of carboxylic acids is 1. The Hall–Kier alpha value is -2.40. The monoisotopic (exact) mass is 371 g/mol. The number of fused-ring (bicyclic) bond motifs is 1. The van der Waals surface area contributed by atoms with Gasteiger partial charge in [0.25, 0.3) is 0 Å². The van der Waals surface area contributed by atoms with Crippen molar-refractivity contribution < 1.29 is 14.7 Å². The van der Waals surface area contributed by atoms with E-state index in [0.29, 0.717) is 16.8 Å². The fraction of sp³-hybridized carbons (Fsp3) is 0.111. The van der Waals surface area contributed by atoms with Gasteiger partial charge in [0.1, 0.15) is 0 Å². The van der Waals surface area contributed by atoms with E-state index in [1.54, 1.807) is 25.1 Å². The summed E-state index contributed by atoms with van der Waals surface area (Å²) in [4.78, 5) is 24.0. The summed E-state index contributed by atoms with van der Waals surface area (Å²) in [6.45, 7) is 1.74. The normalized spacial score (nSPS) is 10.9. The molecule has 2 heterocycles. The van der Waals surface area contributed by atoms with Crippen molar-refractivity contribution in [1.82, 2.24) is 4.40 Å². The zero-order chi connectivity index (χ0) is 16.6. The Morgan fingerprint density at radius 2 is 1.87 bits per heavy atom. The van der Waals surface area contributed by atoms with Gasteiger partial charge in [-0.15, -0.1) is 0 Å². The average molecular weight is 372 g/mol. The summed E-state index contributed by atoms with van der Waals surface area (Å²) < 4.78 is 2.78. The molecule has 116 valence electrons. The van der Waals surface area contributed by atoms with Crippen molar-refractivity contribution >= 4 is 33.2 Å². The van der Waals surface area contributed by atoms with Crippen molar-refractivity contribution in [1.29, 1.82) is 0 Å². The number of benzene rings is 1. The Balaban J connectivity index is 2.06. The maximum Gasteiger partial charge on any atom is 0.336 e. The van der Waals surface area contributed by atoms with E-state index < -0.39 is 5.97 Å². The molecule has 0 fully saturated rings. The van der Waals surface area contributed by atoms with Gasteiger partial charge in [0.15, 0.2) is 5.78 Å². The highest BCUT2D eigenvalue weighted by Gasteiger charge is 2.17. The van der Waals surface area contributed by atoms with Crippen LogP contribution < -0.4 is 0 Å². The number of pyridine rings is 1. The van der Waals surface area contributed by atoms with Gasteiger partial charge < -0.3 is 9.51 Å². The van der Waals surface area contributed by atoms with Crippen LogP contribution in [0.5, 0.6) is 0 Å². The van der Waals surface area contributed by atoms with Crippen molar-refractivity contribution in [3.05, 3.63) is 75.5 Å². The zero-order valence-corrected chi connectivity index (χ0v) is 14.0. The molecule has 0 radical (unpaired) electrons. The van der Waals surface area contributed by atoms with E-state index >= 15 is 0 Å². The molecule has 0 atom stereocenters. The maximum absolute atomic E-state index is 12.5. The van der Waals surface area contributed by atoms with Gasteiger partial charge in [-0.25, -0.2) is 4.79 Å². The Morgan fingerprint density at radius 1 is 1.17 bits per heavy atom. The Kier molecular flexibility index (Phi) is 4.05. The van der Waals surface area contributed by atoms with Gasteiger partial charge in [-0.1, -0.05) is 28.1 Å². The quantitative estimate of drug-likeness (QED) is 0.701. The van der Waals surface area contributed by atoms with Crippen LogP contribution >= 0.6 is 15.9 Å². The van der Waals surface area contributed by atoms with Crippen LogP contribution in [-0.4, -0.2) is 21.3 Å². The van der Waals surface area contributed by atoms with E-state index in [4.69, 9.17) is 0 Å². The van der Waals surface area contributed by atoms with E-state index in [-0.39, 0.29) is 17.8 Å². The molecular weight excluding hydrogens is 358 g/mol. The Labute approximate surface area is 141 Å². The average Bonchev–Trinajstić information content (AvgIpc) is 2.98. The third-order valence-electron chi connectivity index (χ3n) is 3.92. The van der Waals surface area contributed by atoms with Gasteiger partial charge in [-0.3, -0.25) is 4.79 Å². The number of halogens is 1. The topological polar surface area (TPSA) is 58.8 Å². The number of aromatic carboxylic acids is 1. The molecular formula is C18H14BrNO3. The summed E-state index contributed by atoms with van der Waals surface area (Å²) in [5, 5.41) is 9.37. The first-order valence-electron chi connectivity index (χ1n) is 7.09. The number of hydrogen-bond donors (Lipinski definition) is 1. The van der Waals surface area contributed by atoms with Crippen LogP contribution in [0.25, 0.3) is 5.52 Å². The third kappa shape index (κ3) is 2.92. The first-order chi connectivity index (χ1) is 11.0. The number of Topliss-reactive ketones (excluding diaryl/α,β-unsaturated/α-hetero) is 1. The van der Waals surface area contributed by atoms with Crippen molar-refractivity contribution in [3.63, 3.8) is 0 Å². The minimum absolute atomic E-state index is 0.0434. The lowest BCUT2D eigenvalue weighted by Gasteiger charge is -2.12. The van der Waals surface area contributed by atoms with Crippen LogP contribution in [0.1, 0.15) is 32.0 Å². The molecule has 3 aromatic rings. The molecule has 2 aromatic heterocycles. The summed E-state index contributed by atoms with van der Waals surface area (Å²) >= 11 is 3.35. The van der Waals surface area contributed by atoms with Gasteiger partial charge >= 0.3 is 5.97 Å². The standard InChI is InChI=1S/C18H14BrNO3/c1-11-15(18(22)23)9-14-3-2-8-20(14)16(11)10-17(21)12-4-6-13(19)7-5-12/h2-9H,10H2,1H3,(H,22,23). The second-order valence-corrected chi connectivity index (χ2v) is 6.26. The number of carbonyl (C=O) groups is 2. The zero-order valence-electron chi connectivity index (χ0n) is 12.4. The predicted octanol–water partition coefficient (Wildman–Crippen LogP) is 4.13. The predicted molar refractivity (Wildman–Crippen MR) is 91.3 cm³/mol. The lowest BCUT2D eigenvalue weighted by molar-refractivity contribution is 0.0695. The molecule has 1 N–H and O–H groups in total. The smallest absolute Gasteiger partial charge is 0.336 e. The molecule has 0 aliphatic carbocycles. The summed E-state index contributed by atoms with van der Waals surface area (Å²) in [6.07, 6.45) is 2.00. The summed E-state index contributed by atoms with van der Waals surface area (Å²) in [7, 11) is 0. The second-order valence-electron chi connectivity index (χ2n) is 5.34. The lowest BCUT2D eigenvalue weighted by Crippen LogP contribution is -2.12. The summed E-state index contributed by atoms with van der Waals surface area (Å²) in [5.74, 6) is -1.03. The molecule has 4 nitrogen and oxygen atoms in total. The molecule has 0 spiro atoms. The molecule has 0 saturated heterocycles. The first kappa shape index (κ1) is 15.5. The molecule has 5 heteroatoms. The second kappa shape index (κ2) is 6.01. The number of rotatable bonds is 4.